The lowest BCUT2D eigenvalue weighted by Gasteiger charge is -2.18. The van der Waals surface area contributed by atoms with Crippen molar-refractivity contribution in [3.8, 4) is 0 Å². The molecule has 0 unspecified atom stereocenters. The number of nitrogens with zero attached hydrogens (tertiary/aromatic N) is 3. The van der Waals surface area contributed by atoms with Crippen molar-refractivity contribution in [1.82, 2.24) is 18.8 Å². The molecule has 0 radical (unpaired) electrons. The number of aromatic nitrogens is 2. The molecule has 1 aromatic heterocycles. The third kappa shape index (κ3) is 4.42. The van der Waals surface area contributed by atoms with Gasteiger partial charge in [0, 0.05) is 32.2 Å². The zero-order valence-electron chi connectivity index (χ0n) is 18.3. The van der Waals surface area contributed by atoms with Crippen molar-refractivity contribution in [2.75, 3.05) is 13.6 Å². The number of hydrogen-bond donors (Lipinski definition) is 1. The summed E-state index contributed by atoms with van der Waals surface area (Å²) in [7, 11) is -2.24. The molecular formula is C22H28N4O5S. The van der Waals surface area contributed by atoms with Crippen LogP contribution in [0.5, 0.6) is 0 Å². The van der Waals surface area contributed by atoms with E-state index in [1.165, 1.54) is 23.1 Å². The van der Waals surface area contributed by atoms with E-state index in [0.29, 0.717) is 18.0 Å². The Labute approximate surface area is 186 Å². The Morgan fingerprint density at radius 1 is 1.28 bits per heavy atom. The minimum Gasteiger partial charge on any atom is -0.340 e. The molecule has 1 N–H and O–H groups in total. The molecule has 0 spiro atoms. The highest BCUT2D eigenvalue weighted by molar-refractivity contribution is 7.89. The summed E-state index contributed by atoms with van der Waals surface area (Å²) in [5.41, 5.74) is -1.03. The SMILES string of the molecule is C=CC(=O)N(C)CCn1c(=O)c2cc(S(=O)(=O)NC3(C)CC3)ccc2n(CC2CC2)c1=O. The van der Waals surface area contributed by atoms with Crippen LogP contribution in [0, 0.1) is 5.92 Å². The first-order chi connectivity index (χ1) is 15.0. The van der Waals surface area contributed by atoms with Crippen molar-refractivity contribution in [3.05, 3.63) is 51.7 Å². The Morgan fingerprint density at radius 2 is 1.97 bits per heavy atom. The molecule has 172 valence electrons. The molecule has 2 saturated carbocycles. The predicted molar refractivity (Wildman–Crippen MR) is 121 cm³/mol. The van der Waals surface area contributed by atoms with E-state index >= 15 is 0 Å². The van der Waals surface area contributed by atoms with E-state index in [1.807, 2.05) is 6.92 Å². The molecular weight excluding hydrogens is 432 g/mol. The van der Waals surface area contributed by atoms with Gasteiger partial charge in [0.15, 0.2) is 0 Å². The van der Waals surface area contributed by atoms with Gasteiger partial charge < -0.3 is 4.90 Å². The molecule has 1 amide bonds. The quantitative estimate of drug-likeness (QED) is 0.563. The lowest BCUT2D eigenvalue weighted by Crippen LogP contribution is -2.43. The standard InChI is InChI=1S/C22H28N4O5S/c1-4-19(27)24(3)11-12-25-20(28)17-13-16(32(30,31)23-22(2)9-10-22)7-8-18(17)26(21(25)29)14-15-5-6-15/h4,7-8,13,15,23H,1,5-6,9-12,14H2,2-3H3. The van der Waals surface area contributed by atoms with Gasteiger partial charge in [0.25, 0.3) is 5.56 Å². The Hall–Kier alpha value is -2.72. The molecule has 10 heteroatoms. The fraction of sp³-hybridized carbons (Fsp3) is 0.500. The summed E-state index contributed by atoms with van der Waals surface area (Å²) < 4.78 is 31.0. The molecule has 9 nitrogen and oxygen atoms in total. The van der Waals surface area contributed by atoms with Crippen LogP contribution < -0.4 is 16.0 Å². The molecule has 0 saturated heterocycles. The molecule has 2 fully saturated rings. The molecule has 32 heavy (non-hydrogen) atoms. The van der Waals surface area contributed by atoms with Gasteiger partial charge >= 0.3 is 5.69 Å². The number of hydrogen-bond acceptors (Lipinski definition) is 5. The van der Waals surface area contributed by atoms with Crippen LogP contribution in [0.2, 0.25) is 0 Å². The summed E-state index contributed by atoms with van der Waals surface area (Å²) >= 11 is 0. The molecule has 2 aliphatic carbocycles. The molecule has 2 aromatic rings. The van der Waals surface area contributed by atoms with Crippen molar-refractivity contribution in [1.29, 1.82) is 0 Å². The monoisotopic (exact) mass is 460 g/mol. The second kappa shape index (κ2) is 8.00. The maximum atomic E-state index is 13.2. The van der Waals surface area contributed by atoms with Crippen molar-refractivity contribution in [2.45, 2.75) is 56.1 Å². The Morgan fingerprint density at radius 3 is 2.56 bits per heavy atom. The lowest BCUT2D eigenvalue weighted by molar-refractivity contribution is -0.124. The van der Waals surface area contributed by atoms with E-state index in [-0.39, 0.29) is 29.3 Å². The Kier molecular flexibility index (Phi) is 5.62. The number of rotatable bonds is 9. The highest BCUT2D eigenvalue weighted by Crippen LogP contribution is 2.36. The maximum absolute atomic E-state index is 13.2. The maximum Gasteiger partial charge on any atom is 0.331 e. The van der Waals surface area contributed by atoms with Crippen LogP contribution in [0.15, 0.2) is 45.3 Å². The lowest BCUT2D eigenvalue weighted by atomic mass is 10.2. The van der Waals surface area contributed by atoms with Crippen LogP contribution in [0.1, 0.15) is 32.6 Å². The van der Waals surface area contributed by atoms with Crippen LogP contribution in [-0.2, 0) is 27.9 Å². The van der Waals surface area contributed by atoms with Gasteiger partial charge in [-0.25, -0.2) is 17.9 Å². The highest BCUT2D eigenvalue weighted by atomic mass is 32.2. The molecule has 0 aliphatic heterocycles. The number of nitrogens with one attached hydrogen (secondary N) is 1. The Balaban J connectivity index is 1.80. The number of sulfonamides is 1. The average Bonchev–Trinajstić information content (AvgIpc) is 3.68. The van der Waals surface area contributed by atoms with E-state index in [0.717, 1.165) is 30.3 Å². The minimum atomic E-state index is -3.80. The number of benzene rings is 1. The number of likely N-dealkylation sites (N-methyl/N-ethyl adjacent to an activating group) is 1. The van der Waals surface area contributed by atoms with Gasteiger partial charge in [-0.1, -0.05) is 6.58 Å². The van der Waals surface area contributed by atoms with Gasteiger partial charge in [-0.2, -0.15) is 0 Å². The van der Waals surface area contributed by atoms with Crippen molar-refractivity contribution in [3.63, 3.8) is 0 Å². The van der Waals surface area contributed by atoms with Gasteiger partial charge in [0.1, 0.15) is 0 Å². The van der Waals surface area contributed by atoms with Crippen LogP contribution in [0.4, 0.5) is 0 Å². The van der Waals surface area contributed by atoms with Gasteiger partial charge in [-0.3, -0.25) is 18.7 Å². The predicted octanol–water partition coefficient (Wildman–Crippen LogP) is 1.05. The van der Waals surface area contributed by atoms with Crippen LogP contribution in [-0.4, -0.2) is 47.5 Å². The first kappa shape index (κ1) is 22.5. The zero-order valence-corrected chi connectivity index (χ0v) is 19.2. The van der Waals surface area contributed by atoms with Crippen molar-refractivity contribution in [2.24, 2.45) is 5.92 Å². The van der Waals surface area contributed by atoms with Gasteiger partial charge in [-0.05, 0) is 62.8 Å². The van der Waals surface area contributed by atoms with Crippen molar-refractivity contribution < 1.29 is 13.2 Å². The number of fused-ring (bicyclic) bond motifs is 1. The fourth-order valence-corrected chi connectivity index (χ4v) is 5.18. The molecule has 1 aromatic carbocycles. The number of amides is 1. The summed E-state index contributed by atoms with van der Waals surface area (Å²) in [5.74, 6) is 0.0527. The molecule has 1 heterocycles. The first-order valence-corrected chi connectivity index (χ1v) is 12.2. The topological polar surface area (TPSA) is 110 Å². The third-order valence-electron chi connectivity index (χ3n) is 6.23. The first-order valence-electron chi connectivity index (χ1n) is 10.7. The van der Waals surface area contributed by atoms with E-state index in [4.69, 9.17) is 0 Å². The zero-order chi connectivity index (χ0) is 23.3. The molecule has 2 aliphatic rings. The summed E-state index contributed by atoms with van der Waals surface area (Å²) in [6.45, 7) is 5.90. The summed E-state index contributed by atoms with van der Waals surface area (Å²) in [4.78, 5) is 39.6. The Bertz CT molecular complexity index is 1320. The van der Waals surface area contributed by atoms with Crippen LogP contribution >= 0.6 is 0 Å². The van der Waals surface area contributed by atoms with Gasteiger partial charge in [0.05, 0.1) is 15.8 Å². The summed E-state index contributed by atoms with van der Waals surface area (Å²) in [6, 6.07) is 4.34. The number of carbonyl (C=O) groups excluding carboxylic acids is 1. The normalized spacial score (nSPS) is 17.3. The third-order valence-corrected chi connectivity index (χ3v) is 7.87. The average molecular weight is 461 g/mol. The number of carbonyl (C=O) groups is 1. The molecule has 0 atom stereocenters. The van der Waals surface area contributed by atoms with Crippen LogP contribution in [0.3, 0.4) is 0 Å². The minimum absolute atomic E-state index is 0.00164. The van der Waals surface area contributed by atoms with E-state index in [2.05, 4.69) is 11.3 Å². The van der Waals surface area contributed by atoms with E-state index in [1.54, 1.807) is 17.7 Å². The second-order valence-electron chi connectivity index (χ2n) is 9.10. The second-order valence-corrected chi connectivity index (χ2v) is 10.8. The van der Waals surface area contributed by atoms with Gasteiger partial charge in [-0.15, -0.1) is 0 Å². The molecule has 4 rings (SSSR count). The fourth-order valence-electron chi connectivity index (χ4n) is 3.69. The smallest absolute Gasteiger partial charge is 0.331 e. The van der Waals surface area contributed by atoms with E-state index < -0.39 is 26.8 Å². The van der Waals surface area contributed by atoms with Crippen LogP contribution in [0.25, 0.3) is 10.9 Å². The highest BCUT2D eigenvalue weighted by Gasteiger charge is 2.41. The van der Waals surface area contributed by atoms with Crippen molar-refractivity contribution >= 4 is 26.8 Å². The van der Waals surface area contributed by atoms with E-state index in [9.17, 15) is 22.8 Å². The largest absolute Gasteiger partial charge is 0.340 e. The van der Waals surface area contributed by atoms with Gasteiger partial charge in [0.2, 0.25) is 15.9 Å². The summed E-state index contributed by atoms with van der Waals surface area (Å²) in [6.07, 6.45) is 4.73. The molecule has 0 bridgehead atoms. The summed E-state index contributed by atoms with van der Waals surface area (Å²) in [5, 5.41) is 0.173.